The maximum absolute atomic E-state index is 11.0. The molecule has 0 saturated carbocycles. The van der Waals surface area contributed by atoms with Gasteiger partial charge >= 0.3 is 0 Å². The van der Waals surface area contributed by atoms with Gasteiger partial charge in [-0.3, -0.25) is 4.79 Å². The molecule has 0 aliphatic carbocycles. The number of nitrogens with one attached hydrogen (secondary N) is 1. The highest BCUT2D eigenvalue weighted by atomic mass is 16.2. The van der Waals surface area contributed by atoms with E-state index < -0.39 is 0 Å². The number of carbonyl (C=O) groups is 2. The molecular formula is C9H17NO2. The molecule has 0 fully saturated rings. The van der Waals surface area contributed by atoms with Gasteiger partial charge in [-0.1, -0.05) is 19.8 Å². The molecule has 0 saturated heterocycles. The Morgan fingerprint density at radius 2 is 2.17 bits per heavy atom. The third kappa shape index (κ3) is 5.89. The van der Waals surface area contributed by atoms with E-state index in [1.807, 2.05) is 0 Å². The molecule has 0 aliphatic rings. The molecule has 3 nitrogen and oxygen atoms in total. The van der Waals surface area contributed by atoms with Crippen LogP contribution in [0.1, 0.15) is 39.5 Å². The molecule has 12 heavy (non-hydrogen) atoms. The summed E-state index contributed by atoms with van der Waals surface area (Å²) in [6.07, 6.45) is 4.36. The predicted molar refractivity (Wildman–Crippen MR) is 47.8 cm³/mol. The van der Waals surface area contributed by atoms with Crippen LogP contribution in [0.25, 0.3) is 0 Å². The number of carbonyl (C=O) groups excluding carboxylic acids is 2. The third-order valence-corrected chi connectivity index (χ3v) is 1.60. The minimum absolute atomic E-state index is 0.0250. The molecule has 3 heteroatoms. The number of aldehydes is 1. The third-order valence-electron chi connectivity index (χ3n) is 1.60. The largest absolute Gasteiger partial charge is 0.347 e. The summed E-state index contributed by atoms with van der Waals surface area (Å²) in [7, 11) is 0. The summed E-state index contributed by atoms with van der Waals surface area (Å²) >= 11 is 0. The molecule has 0 bridgehead atoms. The van der Waals surface area contributed by atoms with Crippen LogP contribution in [-0.4, -0.2) is 18.2 Å². The lowest BCUT2D eigenvalue weighted by Gasteiger charge is -2.06. The Balaban J connectivity index is 3.39. The zero-order chi connectivity index (χ0) is 9.40. The molecule has 1 amide bonds. The summed E-state index contributed by atoms with van der Waals surface area (Å²) in [6.45, 7) is 3.76. The van der Waals surface area contributed by atoms with Crippen molar-refractivity contribution in [1.82, 2.24) is 5.32 Å². The number of rotatable bonds is 6. The Labute approximate surface area is 73.5 Å². The minimum atomic E-state index is -0.348. The van der Waals surface area contributed by atoms with Gasteiger partial charge < -0.3 is 10.1 Å². The molecule has 0 spiro atoms. The van der Waals surface area contributed by atoms with Crippen LogP contribution in [0.3, 0.4) is 0 Å². The maximum Gasteiger partial charge on any atom is 0.220 e. The molecular weight excluding hydrogens is 154 g/mol. The molecule has 0 rings (SSSR count). The Hall–Kier alpha value is -0.860. The van der Waals surface area contributed by atoms with Crippen molar-refractivity contribution in [2.75, 3.05) is 0 Å². The van der Waals surface area contributed by atoms with Crippen molar-refractivity contribution in [3.8, 4) is 0 Å². The van der Waals surface area contributed by atoms with Crippen LogP contribution >= 0.6 is 0 Å². The second kappa shape index (κ2) is 6.83. The molecule has 1 atom stereocenters. The van der Waals surface area contributed by atoms with Crippen molar-refractivity contribution in [3.63, 3.8) is 0 Å². The van der Waals surface area contributed by atoms with Gasteiger partial charge in [0.25, 0.3) is 0 Å². The second-order valence-electron chi connectivity index (χ2n) is 2.95. The van der Waals surface area contributed by atoms with E-state index in [0.29, 0.717) is 6.42 Å². The predicted octanol–water partition coefficient (Wildman–Crippen LogP) is 1.27. The molecule has 0 aliphatic heterocycles. The van der Waals surface area contributed by atoms with E-state index >= 15 is 0 Å². The van der Waals surface area contributed by atoms with Gasteiger partial charge in [-0.15, -0.1) is 0 Å². The number of hydrogen-bond acceptors (Lipinski definition) is 2. The number of unbranched alkanes of at least 4 members (excludes halogenated alkanes) is 2. The van der Waals surface area contributed by atoms with Gasteiger partial charge in [-0.05, 0) is 13.3 Å². The second-order valence-corrected chi connectivity index (χ2v) is 2.95. The highest BCUT2D eigenvalue weighted by Gasteiger charge is 2.04. The standard InChI is InChI=1S/C9H17NO2/c1-3-4-5-6-9(12)10-8(2)7-11/h7-8H,3-6H2,1-2H3,(H,10,12)/t8-/m0/s1. The molecule has 0 radical (unpaired) electrons. The van der Waals surface area contributed by atoms with Crippen LogP contribution in [-0.2, 0) is 9.59 Å². The SMILES string of the molecule is CCCCCC(=O)N[C@@H](C)C=O. The Bertz CT molecular complexity index is 145. The van der Waals surface area contributed by atoms with Gasteiger partial charge in [-0.25, -0.2) is 0 Å². The zero-order valence-corrected chi connectivity index (χ0v) is 7.80. The van der Waals surface area contributed by atoms with Crippen molar-refractivity contribution < 1.29 is 9.59 Å². The fraction of sp³-hybridized carbons (Fsp3) is 0.778. The first-order valence-corrected chi connectivity index (χ1v) is 4.45. The van der Waals surface area contributed by atoms with Crippen molar-refractivity contribution in [2.45, 2.75) is 45.6 Å². The van der Waals surface area contributed by atoms with Crippen LogP contribution in [0.4, 0.5) is 0 Å². The normalized spacial score (nSPS) is 12.2. The zero-order valence-electron chi connectivity index (χ0n) is 7.80. The summed E-state index contributed by atoms with van der Waals surface area (Å²) in [5.41, 5.74) is 0. The fourth-order valence-electron chi connectivity index (χ4n) is 0.896. The average Bonchev–Trinajstić information content (AvgIpc) is 2.05. The average molecular weight is 171 g/mol. The van der Waals surface area contributed by atoms with Crippen LogP contribution in [0.15, 0.2) is 0 Å². The van der Waals surface area contributed by atoms with Crippen molar-refractivity contribution in [3.05, 3.63) is 0 Å². The molecule has 1 N–H and O–H groups in total. The molecule has 0 heterocycles. The minimum Gasteiger partial charge on any atom is -0.347 e. The number of hydrogen-bond donors (Lipinski definition) is 1. The van der Waals surface area contributed by atoms with Crippen LogP contribution in [0, 0.1) is 0 Å². The van der Waals surface area contributed by atoms with Crippen LogP contribution in [0.5, 0.6) is 0 Å². The summed E-state index contributed by atoms with van der Waals surface area (Å²) in [6, 6.07) is -0.348. The molecule has 0 aromatic carbocycles. The number of amides is 1. The lowest BCUT2D eigenvalue weighted by Crippen LogP contribution is -2.33. The Morgan fingerprint density at radius 3 is 2.67 bits per heavy atom. The van der Waals surface area contributed by atoms with Crippen LogP contribution < -0.4 is 5.32 Å². The van der Waals surface area contributed by atoms with E-state index in [4.69, 9.17) is 0 Å². The summed E-state index contributed by atoms with van der Waals surface area (Å²) < 4.78 is 0. The van der Waals surface area contributed by atoms with Crippen LogP contribution in [0.2, 0.25) is 0 Å². The van der Waals surface area contributed by atoms with Gasteiger partial charge in [0.15, 0.2) is 0 Å². The smallest absolute Gasteiger partial charge is 0.220 e. The topological polar surface area (TPSA) is 46.2 Å². The first kappa shape index (κ1) is 11.1. The van der Waals surface area contributed by atoms with Gasteiger partial charge in [0.2, 0.25) is 5.91 Å². The van der Waals surface area contributed by atoms with Gasteiger partial charge in [0, 0.05) is 6.42 Å². The highest BCUT2D eigenvalue weighted by molar-refractivity contribution is 5.79. The monoisotopic (exact) mass is 171 g/mol. The van der Waals surface area contributed by atoms with Gasteiger partial charge in [0.1, 0.15) is 6.29 Å². The van der Waals surface area contributed by atoms with E-state index in [-0.39, 0.29) is 11.9 Å². The highest BCUT2D eigenvalue weighted by Crippen LogP contribution is 1.98. The quantitative estimate of drug-likeness (QED) is 0.483. The van der Waals surface area contributed by atoms with E-state index in [9.17, 15) is 9.59 Å². The summed E-state index contributed by atoms with van der Waals surface area (Å²) in [5, 5.41) is 2.58. The van der Waals surface area contributed by atoms with Crippen molar-refractivity contribution in [1.29, 1.82) is 0 Å². The molecule has 0 aromatic heterocycles. The maximum atomic E-state index is 11.0. The van der Waals surface area contributed by atoms with E-state index in [0.717, 1.165) is 25.5 Å². The lowest BCUT2D eigenvalue weighted by atomic mass is 10.2. The van der Waals surface area contributed by atoms with Gasteiger partial charge in [-0.2, -0.15) is 0 Å². The van der Waals surface area contributed by atoms with E-state index in [2.05, 4.69) is 12.2 Å². The Morgan fingerprint density at radius 1 is 1.50 bits per heavy atom. The van der Waals surface area contributed by atoms with Crippen molar-refractivity contribution >= 4 is 12.2 Å². The fourth-order valence-corrected chi connectivity index (χ4v) is 0.896. The van der Waals surface area contributed by atoms with Crippen molar-refractivity contribution in [2.24, 2.45) is 0 Å². The molecule has 0 aromatic rings. The molecule has 0 unspecified atom stereocenters. The van der Waals surface area contributed by atoms with E-state index in [1.165, 1.54) is 0 Å². The lowest BCUT2D eigenvalue weighted by molar-refractivity contribution is -0.123. The summed E-state index contributed by atoms with van der Waals surface area (Å²) in [5.74, 6) is -0.0250. The van der Waals surface area contributed by atoms with Gasteiger partial charge in [0.05, 0.1) is 6.04 Å². The van der Waals surface area contributed by atoms with E-state index in [1.54, 1.807) is 6.92 Å². The first-order valence-electron chi connectivity index (χ1n) is 4.45. The Kier molecular flexibility index (Phi) is 6.34. The first-order chi connectivity index (χ1) is 5.70. The molecule has 70 valence electrons. The summed E-state index contributed by atoms with van der Waals surface area (Å²) in [4.78, 5) is 21.2.